The molecule has 4 rings (SSSR count). The van der Waals surface area contributed by atoms with Crippen molar-refractivity contribution in [3.8, 4) is 0 Å². The van der Waals surface area contributed by atoms with Crippen LogP contribution in [0, 0.1) is 0 Å². The van der Waals surface area contributed by atoms with Gasteiger partial charge in [0.2, 0.25) is 5.91 Å². The molecule has 27 heavy (non-hydrogen) atoms. The summed E-state index contributed by atoms with van der Waals surface area (Å²) < 4.78 is 0. The Kier molecular flexibility index (Phi) is 5.07. The van der Waals surface area contributed by atoms with Gasteiger partial charge in [0.15, 0.2) is 0 Å². The maximum Gasteiger partial charge on any atom is 0.259 e. The molecule has 5 nitrogen and oxygen atoms in total. The Bertz CT molecular complexity index is 1020. The van der Waals surface area contributed by atoms with Gasteiger partial charge in [-0.1, -0.05) is 30.3 Å². The number of hydrogen-bond donors (Lipinski definition) is 1. The summed E-state index contributed by atoms with van der Waals surface area (Å²) in [5, 5.41) is 0.761. The Balaban J connectivity index is 1.57. The SMILES string of the molecule is CC(=O)N(CCc1ccccc1)Cc1nc2sc3c(c2c(=O)[nH]1)CCCC3. The van der Waals surface area contributed by atoms with E-state index in [-0.39, 0.29) is 11.5 Å². The van der Waals surface area contributed by atoms with Gasteiger partial charge in [-0.25, -0.2) is 4.98 Å². The number of thiophene rings is 1. The van der Waals surface area contributed by atoms with Crippen LogP contribution in [0.3, 0.4) is 0 Å². The van der Waals surface area contributed by atoms with Crippen molar-refractivity contribution < 1.29 is 4.79 Å². The van der Waals surface area contributed by atoms with E-state index in [4.69, 9.17) is 0 Å². The summed E-state index contributed by atoms with van der Waals surface area (Å²) in [5.74, 6) is 0.550. The lowest BCUT2D eigenvalue weighted by Crippen LogP contribution is -2.32. The van der Waals surface area contributed by atoms with Crippen molar-refractivity contribution in [1.29, 1.82) is 0 Å². The van der Waals surface area contributed by atoms with Gasteiger partial charge in [-0.15, -0.1) is 11.3 Å². The second kappa shape index (κ2) is 7.64. The Hall–Kier alpha value is -2.47. The molecular formula is C21H23N3O2S. The van der Waals surface area contributed by atoms with Gasteiger partial charge < -0.3 is 9.88 Å². The molecule has 140 valence electrons. The number of benzene rings is 1. The van der Waals surface area contributed by atoms with E-state index in [0.717, 1.165) is 35.9 Å². The Morgan fingerprint density at radius 1 is 1.22 bits per heavy atom. The van der Waals surface area contributed by atoms with Crippen molar-refractivity contribution in [1.82, 2.24) is 14.9 Å². The molecule has 1 aliphatic rings. The fraction of sp³-hybridized carbons (Fsp3) is 0.381. The van der Waals surface area contributed by atoms with Gasteiger partial charge >= 0.3 is 0 Å². The largest absolute Gasteiger partial charge is 0.335 e. The van der Waals surface area contributed by atoms with E-state index in [0.29, 0.717) is 18.9 Å². The summed E-state index contributed by atoms with van der Waals surface area (Å²) in [6.07, 6.45) is 5.11. The van der Waals surface area contributed by atoms with Crippen molar-refractivity contribution in [2.24, 2.45) is 0 Å². The number of fused-ring (bicyclic) bond motifs is 3. The number of carbonyl (C=O) groups excluding carboxylic acids is 1. The van der Waals surface area contributed by atoms with Gasteiger partial charge in [-0.3, -0.25) is 9.59 Å². The fourth-order valence-corrected chi connectivity index (χ4v) is 5.00. The van der Waals surface area contributed by atoms with Crippen molar-refractivity contribution in [3.05, 3.63) is 62.5 Å². The molecule has 0 saturated carbocycles. The molecule has 2 heterocycles. The predicted octanol–water partition coefficient (Wildman–Crippen LogP) is 3.45. The molecule has 0 radical (unpaired) electrons. The molecule has 3 aromatic rings. The molecule has 0 aliphatic heterocycles. The van der Waals surface area contributed by atoms with E-state index in [1.54, 1.807) is 23.2 Å². The van der Waals surface area contributed by atoms with Crippen LogP contribution in [-0.2, 0) is 30.6 Å². The molecule has 0 saturated heterocycles. The van der Waals surface area contributed by atoms with Crippen LogP contribution in [0.4, 0.5) is 0 Å². The first-order chi connectivity index (χ1) is 13.1. The maximum atomic E-state index is 12.7. The van der Waals surface area contributed by atoms with Crippen LogP contribution in [0.5, 0.6) is 0 Å². The van der Waals surface area contributed by atoms with Gasteiger partial charge in [0.1, 0.15) is 10.7 Å². The average molecular weight is 382 g/mol. The molecule has 2 aromatic heterocycles. The third-order valence-corrected chi connectivity index (χ3v) is 6.36. The summed E-state index contributed by atoms with van der Waals surface area (Å²) in [4.78, 5) is 36.2. The monoisotopic (exact) mass is 381 g/mol. The Morgan fingerprint density at radius 3 is 2.78 bits per heavy atom. The first kappa shape index (κ1) is 17.9. The lowest BCUT2D eigenvalue weighted by molar-refractivity contribution is -0.129. The third-order valence-electron chi connectivity index (χ3n) is 5.17. The second-order valence-corrected chi connectivity index (χ2v) is 8.16. The minimum atomic E-state index is -0.0686. The standard InChI is InChI=1S/C21H23N3O2S/c1-14(25)24(12-11-15-7-3-2-4-8-15)13-18-22-20(26)19-16-9-5-6-10-17(16)27-21(19)23-18/h2-4,7-8H,5-6,9-13H2,1H3,(H,22,23,26). The van der Waals surface area contributed by atoms with Gasteiger partial charge in [0, 0.05) is 18.3 Å². The number of carbonyl (C=O) groups is 1. The van der Waals surface area contributed by atoms with E-state index < -0.39 is 0 Å². The second-order valence-electron chi connectivity index (χ2n) is 7.08. The highest BCUT2D eigenvalue weighted by Gasteiger charge is 2.20. The van der Waals surface area contributed by atoms with Crippen LogP contribution in [0.2, 0.25) is 0 Å². The number of hydrogen-bond acceptors (Lipinski definition) is 4. The Labute approximate surface area is 162 Å². The molecule has 0 spiro atoms. The van der Waals surface area contributed by atoms with Crippen LogP contribution in [0.25, 0.3) is 10.2 Å². The zero-order valence-electron chi connectivity index (χ0n) is 15.5. The number of amides is 1. The van der Waals surface area contributed by atoms with Crippen LogP contribution < -0.4 is 5.56 Å². The number of nitrogens with one attached hydrogen (secondary N) is 1. The highest BCUT2D eigenvalue weighted by atomic mass is 32.1. The van der Waals surface area contributed by atoms with Crippen LogP contribution in [-0.4, -0.2) is 27.3 Å². The number of nitrogens with zero attached hydrogens (tertiary/aromatic N) is 2. The molecule has 1 amide bonds. The average Bonchev–Trinajstić information content (AvgIpc) is 3.04. The molecule has 1 aliphatic carbocycles. The maximum absolute atomic E-state index is 12.7. The number of H-pyrrole nitrogens is 1. The molecule has 6 heteroatoms. The predicted molar refractivity (Wildman–Crippen MR) is 108 cm³/mol. The first-order valence-corrected chi connectivity index (χ1v) is 10.3. The first-order valence-electron chi connectivity index (χ1n) is 9.44. The molecule has 1 N–H and O–H groups in total. The highest BCUT2D eigenvalue weighted by Crippen LogP contribution is 2.33. The van der Waals surface area contributed by atoms with Crippen molar-refractivity contribution in [2.45, 2.75) is 45.6 Å². The topological polar surface area (TPSA) is 66.1 Å². The number of aryl methyl sites for hydroxylation is 2. The van der Waals surface area contributed by atoms with Crippen molar-refractivity contribution in [2.75, 3.05) is 6.54 Å². The minimum absolute atomic E-state index is 0.0147. The lowest BCUT2D eigenvalue weighted by Gasteiger charge is -2.20. The van der Waals surface area contributed by atoms with E-state index in [1.165, 1.54) is 22.4 Å². The van der Waals surface area contributed by atoms with Gasteiger partial charge in [-0.2, -0.15) is 0 Å². The summed E-state index contributed by atoms with van der Waals surface area (Å²) in [6.45, 7) is 2.49. The molecule has 0 fully saturated rings. The van der Waals surface area contributed by atoms with E-state index in [1.807, 2.05) is 18.2 Å². The van der Waals surface area contributed by atoms with Gasteiger partial charge in [0.05, 0.1) is 11.9 Å². The molecule has 0 unspecified atom stereocenters. The van der Waals surface area contributed by atoms with Gasteiger partial charge in [-0.05, 0) is 43.2 Å². The zero-order chi connectivity index (χ0) is 18.8. The summed E-state index contributed by atoms with van der Waals surface area (Å²) in [6, 6.07) is 10.1. The molecule has 0 atom stereocenters. The highest BCUT2D eigenvalue weighted by molar-refractivity contribution is 7.18. The lowest BCUT2D eigenvalue weighted by atomic mass is 9.97. The molecule has 1 aromatic carbocycles. The summed E-state index contributed by atoms with van der Waals surface area (Å²) in [5.41, 5.74) is 2.31. The van der Waals surface area contributed by atoms with Crippen molar-refractivity contribution in [3.63, 3.8) is 0 Å². The summed E-state index contributed by atoms with van der Waals surface area (Å²) in [7, 11) is 0. The van der Waals surface area contributed by atoms with Crippen molar-refractivity contribution >= 4 is 27.5 Å². The van der Waals surface area contributed by atoms with Crippen LogP contribution in [0.15, 0.2) is 35.1 Å². The minimum Gasteiger partial charge on any atom is -0.335 e. The van der Waals surface area contributed by atoms with Crippen LogP contribution >= 0.6 is 11.3 Å². The quantitative estimate of drug-likeness (QED) is 0.736. The summed E-state index contributed by atoms with van der Waals surface area (Å²) >= 11 is 1.64. The van der Waals surface area contributed by atoms with E-state index in [2.05, 4.69) is 22.1 Å². The van der Waals surface area contributed by atoms with Crippen LogP contribution in [0.1, 0.15) is 41.6 Å². The number of aromatic amines is 1. The van der Waals surface area contributed by atoms with E-state index >= 15 is 0 Å². The number of aromatic nitrogens is 2. The third kappa shape index (κ3) is 3.81. The van der Waals surface area contributed by atoms with E-state index in [9.17, 15) is 9.59 Å². The zero-order valence-corrected chi connectivity index (χ0v) is 16.3. The Morgan fingerprint density at radius 2 is 2.00 bits per heavy atom. The fourth-order valence-electron chi connectivity index (χ4n) is 3.72. The molecular weight excluding hydrogens is 358 g/mol. The normalized spacial score (nSPS) is 13.5. The molecule has 0 bridgehead atoms. The number of rotatable bonds is 5. The smallest absolute Gasteiger partial charge is 0.259 e. The van der Waals surface area contributed by atoms with Gasteiger partial charge in [0.25, 0.3) is 5.56 Å².